The molecular formula is C23H24FN3O2S. The molecule has 1 aromatic heterocycles. The second-order valence-electron chi connectivity index (χ2n) is 8.26. The highest BCUT2D eigenvalue weighted by Gasteiger charge is 2.40. The average Bonchev–Trinajstić information content (AvgIpc) is 3.19. The summed E-state index contributed by atoms with van der Waals surface area (Å²) < 4.78 is 20.0. The molecule has 0 aliphatic carbocycles. The summed E-state index contributed by atoms with van der Waals surface area (Å²) in [5, 5.41) is 3.62. The van der Waals surface area contributed by atoms with E-state index in [1.807, 2.05) is 12.1 Å². The molecule has 1 amide bonds. The first-order valence-corrected chi connectivity index (χ1v) is 11.2. The number of fused-ring (bicyclic) bond motifs is 3. The van der Waals surface area contributed by atoms with E-state index in [9.17, 15) is 9.18 Å². The lowest BCUT2D eigenvalue weighted by Gasteiger charge is -2.39. The van der Waals surface area contributed by atoms with Crippen LogP contribution in [0.5, 0.6) is 10.9 Å². The molecule has 1 N–H and O–H groups in total. The molecule has 2 aliphatic heterocycles. The van der Waals surface area contributed by atoms with Crippen LogP contribution in [0.15, 0.2) is 42.5 Å². The number of carbonyl (C=O) groups is 1. The summed E-state index contributed by atoms with van der Waals surface area (Å²) in [7, 11) is 0. The van der Waals surface area contributed by atoms with Gasteiger partial charge in [0.2, 0.25) is 5.91 Å². The molecule has 7 heteroatoms. The maximum absolute atomic E-state index is 13.4. The topological polar surface area (TPSA) is 54.5 Å². The van der Waals surface area contributed by atoms with E-state index in [2.05, 4.69) is 27.3 Å². The van der Waals surface area contributed by atoms with Crippen LogP contribution < -0.4 is 10.1 Å². The van der Waals surface area contributed by atoms with Crippen molar-refractivity contribution in [3.05, 3.63) is 53.8 Å². The monoisotopic (exact) mass is 425 g/mol. The number of nitrogens with one attached hydrogen (secondary N) is 1. The molecule has 3 atom stereocenters. The largest absolute Gasteiger partial charge is 0.431 e. The number of carbonyl (C=O) groups excluding carboxylic acids is 1. The molecule has 30 heavy (non-hydrogen) atoms. The fraction of sp³-hybridized carbons (Fsp3) is 0.391. The maximum atomic E-state index is 13.4. The van der Waals surface area contributed by atoms with Gasteiger partial charge in [0.25, 0.3) is 5.19 Å². The summed E-state index contributed by atoms with van der Waals surface area (Å²) in [5.41, 5.74) is 2.00. The van der Waals surface area contributed by atoms with Gasteiger partial charge in [-0.1, -0.05) is 23.5 Å². The minimum atomic E-state index is -0.267. The third-order valence-electron chi connectivity index (χ3n) is 6.12. The number of piperidine rings is 1. The van der Waals surface area contributed by atoms with Gasteiger partial charge in [0, 0.05) is 31.6 Å². The van der Waals surface area contributed by atoms with Gasteiger partial charge in [0.05, 0.1) is 10.2 Å². The highest BCUT2D eigenvalue weighted by Crippen LogP contribution is 2.37. The lowest BCUT2D eigenvalue weighted by molar-refractivity contribution is -0.120. The van der Waals surface area contributed by atoms with E-state index in [-0.39, 0.29) is 11.7 Å². The standard InChI is InChI=1S/C23H24FN3O2S/c1-14(28)25-17-11-18-5-6-19(12-17)27(18)13-15-2-7-20(8-3-15)29-23-26-21-9-4-16(24)10-22(21)30-23/h2-4,7-10,17-19H,5-6,11-13H2,1H3,(H,25,28)/t17?,18-,19+. The average molecular weight is 426 g/mol. The van der Waals surface area contributed by atoms with Crippen molar-refractivity contribution < 1.29 is 13.9 Å². The fourth-order valence-electron chi connectivity index (χ4n) is 4.83. The van der Waals surface area contributed by atoms with Gasteiger partial charge < -0.3 is 10.1 Å². The highest BCUT2D eigenvalue weighted by atomic mass is 32.1. The predicted octanol–water partition coefficient (Wildman–Crippen LogP) is 4.86. The van der Waals surface area contributed by atoms with Crippen LogP contribution in [-0.2, 0) is 11.3 Å². The molecule has 2 aromatic carbocycles. The zero-order chi connectivity index (χ0) is 20.7. The summed E-state index contributed by atoms with van der Waals surface area (Å²) in [4.78, 5) is 18.4. The van der Waals surface area contributed by atoms with Gasteiger partial charge in [-0.15, -0.1) is 0 Å². The lowest BCUT2D eigenvalue weighted by atomic mass is 9.96. The van der Waals surface area contributed by atoms with Gasteiger partial charge in [0.1, 0.15) is 11.6 Å². The van der Waals surface area contributed by atoms with Gasteiger partial charge in [-0.3, -0.25) is 9.69 Å². The molecule has 5 nitrogen and oxygen atoms in total. The van der Waals surface area contributed by atoms with Crippen LogP contribution in [0.3, 0.4) is 0 Å². The van der Waals surface area contributed by atoms with E-state index < -0.39 is 0 Å². The number of hydrogen-bond donors (Lipinski definition) is 1. The Labute approximate surface area is 178 Å². The molecule has 0 radical (unpaired) electrons. The fourth-order valence-corrected chi connectivity index (χ4v) is 5.69. The Bertz CT molecular complexity index is 1050. The van der Waals surface area contributed by atoms with Crippen molar-refractivity contribution in [1.29, 1.82) is 0 Å². The maximum Gasteiger partial charge on any atom is 0.279 e. The van der Waals surface area contributed by atoms with E-state index in [4.69, 9.17) is 4.74 Å². The molecule has 0 saturated carbocycles. The molecule has 156 valence electrons. The van der Waals surface area contributed by atoms with E-state index in [0.717, 1.165) is 35.4 Å². The quantitative estimate of drug-likeness (QED) is 0.634. The molecule has 5 rings (SSSR count). The number of thiazole rings is 1. The van der Waals surface area contributed by atoms with Gasteiger partial charge in [-0.2, -0.15) is 0 Å². The van der Waals surface area contributed by atoms with E-state index in [0.29, 0.717) is 23.3 Å². The smallest absolute Gasteiger partial charge is 0.279 e. The summed E-state index contributed by atoms with van der Waals surface area (Å²) in [6.07, 6.45) is 4.49. The van der Waals surface area contributed by atoms with Crippen LogP contribution in [0.2, 0.25) is 0 Å². The summed E-state index contributed by atoms with van der Waals surface area (Å²) in [5.74, 6) is 0.532. The van der Waals surface area contributed by atoms with Crippen molar-refractivity contribution in [2.24, 2.45) is 0 Å². The van der Waals surface area contributed by atoms with Crippen LogP contribution in [0.25, 0.3) is 10.2 Å². The van der Waals surface area contributed by atoms with Gasteiger partial charge in [0.15, 0.2) is 0 Å². The molecule has 3 aromatic rings. The molecule has 2 aliphatic rings. The summed E-state index contributed by atoms with van der Waals surface area (Å²) in [6.45, 7) is 2.52. The first-order chi connectivity index (χ1) is 14.5. The molecule has 0 spiro atoms. The first kappa shape index (κ1) is 19.5. The molecule has 3 heterocycles. The number of rotatable bonds is 5. The molecule has 2 fully saturated rings. The minimum absolute atomic E-state index is 0.0710. The van der Waals surface area contributed by atoms with Crippen LogP contribution in [0, 0.1) is 5.82 Å². The number of nitrogens with zero attached hydrogens (tertiary/aromatic N) is 2. The molecular weight excluding hydrogens is 401 g/mol. The molecule has 1 unspecified atom stereocenters. The Morgan fingerprint density at radius 1 is 1.20 bits per heavy atom. The van der Waals surface area contributed by atoms with E-state index in [1.165, 1.54) is 41.9 Å². The summed E-state index contributed by atoms with van der Waals surface area (Å²) >= 11 is 1.34. The van der Waals surface area contributed by atoms with E-state index >= 15 is 0 Å². The van der Waals surface area contributed by atoms with Crippen LogP contribution >= 0.6 is 11.3 Å². The number of hydrogen-bond acceptors (Lipinski definition) is 5. The SMILES string of the molecule is CC(=O)NC1C[C@H]2CC[C@@H](C1)N2Cc1ccc(Oc2nc3ccc(F)cc3s2)cc1. The predicted molar refractivity (Wildman–Crippen MR) is 115 cm³/mol. The third-order valence-corrected chi connectivity index (χ3v) is 7.01. The van der Waals surface area contributed by atoms with Crippen molar-refractivity contribution in [1.82, 2.24) is 15.2 Å². The molecule has 2 saturated heterocycles. The van der Waals surface area contributed by atoms with Gasteiger partial charge >= 0.3 is 0 Å². The number of aromatic nitrogens is 1. The van der Waals surface area contributed by atoms with Crippen LogP contribution in [-0.4, -0.2) is 33.9 Å². The van der Waals surface area contributed by atoms with Crippen molar-refractivity contribution >= 4 is 27.5 Å². The highest BCUT2D eigenvalue weighted by molar-refractivity contribution is 7.20. The number of ether oxygens (including phenoxy) is 1. The van der Waals surface area contributed by atoms with Gasteiger partial charge in [-0.25, -0.2) is 9.37 Å². The second kappa shape index (κ2) is 7.96. The zero-order valence-corrected chi connectivity index (χ0v) is 17.6. The van der Waals surface area contributed by atoms with Crippen molar-refractivity contribution in [2.45, 2.75) is 57.3 Å². The lowest BCUT2D eigenvalue weighted by Crippen LogP contribution is -2.49. The normalized spacial score (nSPS) is 23.6. The van der Waals surface area contributed by atoms with Crippen molar-refractivity contribution in [3.8, 4) is 10.9 Å². The molecule has 2 bridgehead atoms. The van der Waals surface area contributed by atoms with Crippen molar-refractivity contribution in [3.63, 3.8) is 0 Å². The Morgan fingerprint density at radius 2 is 1.93 bits per heavy atom. The summed E-state index contributed by atoms with van der Waals surface area (Å²) in [6, 6.07) is 14.1. The second-order valence-corrected chi connectivity index (χ2v) is 9.26. The number of halogens is 1. The van der Waals surface area contributed by atoms with Gasteiger partial charge in [-0.05, 0) is 61.6 Å². The number of benzene rings is 2. The Morgan fingerprint density at radius 3 is 2.63 bits per heavy atom. The van der Waals surface area contributed by atoms with Crippen molar-refractivity contribution in [2.75, 3.05) is 0 Å². The zero-order valence-electron chi connectivity index (χ0n) is 16.8. The first-order valence-electron chi connectivity index (χ1n) is 10.4. The van der Waals surface area contributed by atoms with E-state index in [1.54, 1.807) is 13.0 Å². The Kier molecular flexibility index (Phi) is 5.16. The van der Waals surface area contributed by atoms with Crippen LogP contribution in [0.4, 0.5) is 4.39 Å². The Hall–Kier alpha value is -2.51. The third kappa shape index (κ3) is 4.04. The Balaban J connectivity index is 1.23. The minimum Gasteiger partial charge on any atom is -0.431 e. The number of amides is 1. The van der Waals surface area contributed by atoms with Crippen LogP contribution in [0.1, 0.15) is 38.2 Å².